The molecule has 1 atom stereocenters. The fourth-order valence-electron chi connectivity index (χ4n) is 1.77. The number of anilines is 3. The minimum absolute atomic E-state index is 0.378. The summed E-state index contributed by atoms with van der Waals surface area (Å²) in [6.07, 6.45) is 1.04. The molecule has 0 aliphatic heterocycles. The maximum Gasteiger partial charge on any atom is 0.136 e. The second-order valence-corrected chi connectivity index (χ2v) is 5.21. The van der Waals surface area contributed by atoms with Crippen LogP contribution in [0, 0.1) is 6.92 Å². The van der Waals surface area contributed by atoms with Gasteiger partial charge in [-0.25, -0.2) is 9.97 Å². The fourth-order valence-corrected chi connectivity index (χ4v) is 1.96. The summed E-state index contributed by atoms with van der Waals surface area (Å²) < 4.78 is 0. The average Bonchev–Trinajstić information content (AvgIpc) is 2.37. The van der Waals surface area contributed by atoms with Crippen molar-refractivity contribution in [2.45, 2.75) is 33.2 Å². The minimum atomic E-state index is 0.378. The number of nitrogens with one attached hydrogen (secondary N) is 2. The molecule has 0 saturated carbocycles. The highest BCUT2D eigenvalue weighted by Gasteiger charge is 2.05. The summed E-state index contributed by atoms with van der Waals surface area (Å²) in [5, 5.41) is 7.29. The SMILES string of the molecule is CCC(C)Nc1cc(Nc2cccc(Cl)c2)nc(C)n1. The third-order valence-electron chi connectivity index (χ3n) is 2.94. The van der Waals surface area contributed by atoms with Gasteiger partial charge in [-0.15, -0.1) is 0 Å². The van der Waals surface area contributed by atoms with E-state index >= 15 is 0 Å². The van der Waals surface area contributed by atoms with E-state index in [-0.39, 0.29) is 0 Å². The molecule has 0 saturated heterocycles. The first-order valence-corrected chi connectivity index (χ1v) is 7.09. The number of hydrogen-bond donors (Lipinski definition) is 2. The van der Waals surface area contributed by atoms with Crippen LogP contribution in [0.15, 0.2) is 30.3 Å². The normalized spacial score (nSPS) is 12.0. The summed E-state index contributed by atoms with van der Waals surface area (Å²) in [6, 6.07) is 9.83. The zero-order valence-corrected chi connectivity index (χ0v) is 12.7. The van der Waals surface area contributed by atoms with Gasteiger partial charge < -0.3 is 10.6 Å². The van der Waals surface area contributed by atoms with Crippen LogP contribution in [0.25, 0.3) is 0 Å². The Labute approximate surface area is 124 Å². The molecule has 0 amide bonds. The molecule has 0 aliphatic carbocycles. The van der Waals surface area contributed by atoms with E-state index < -0.39 is 0 Å². The molecule has 106 valence electrons. The van der Waals surface area contributed by atoms with Crippen LogP contribution in [0.1, 0.15) is 26.1 Å². The Morgan fingerprint density at radius 2 is 1.95 bits per heavy atom. The predicted octanol–water partition coefficient (Wildman–Crippen LogP) is 4.39. The van der Waals surface area contributed by atoms with Gasteiger partial charge in [0.2, 0.25) is 0 Å². The Morgan fingerprint density at radius 1 is 1.20 bits per heavy atom. The molecule has 1 aromatic heterocycles. The zero-order chi connectivity index (χ0) is 14.5. The van der Waals surface area contributed by atoms with E-state index in [0.29, 0.717) is 11.1 Å². The van der Waals surface area contributed by atoms with Gasteiger partial charge in [0.15, 0.2) is 0 Å². The van der Waals surface area contributed by atoms with Gasteiger partial charge >= 0.3 is 0 Å². The van der Waals surface area contributed by atoms with Crippen molar-refractivity contribution in [1.29, 1.82) is 0 Å². The zero-order valence-electron chi connectivity index (χ0n) is 11.9. The number of aromatic nitrogens is 2. The third kappa shape index (κ3) is 4.10. The van der Waals surface area contributed by atoms with Gasteiger partial charge in [0.25, 0.3) is 0 Å². The van der Waals surface area contributed by atoms with Crippen molar-refractivity contribution in [2.24, 2.45) is 0 Å². The summed E-state index contributed by atoms with van der Waals surface area (Å²) in [5.74, 6) is 2.31. The van der Waals surface area contributed by atoms with Crippen molar-refractivity contribution in [2.75, 3.05) is 10.6 Å². The minimum Gasteiger partial charge on any atom is -0.367 e. The largest absolute Gasteiger partial charge is 0.367 e. The highest BCUT2D eigenvalue weighted by atomic mass is 35.5. The molecule has 0 radical (unpaired) electrons. The summed E-state index contributed by atoms with van der Waals surface area (Å²) in [7, 11) is 0. The van der Waals surface area contributed by atoms with E-state index in [0.717, 1.165) is 29.6 Å². The van der Waals surface area contributed by atoms with Crippen molar-refractivity contribution >= 4 is 28.9 Å². The van der Waals surface area contributed by atoms with Crippen LogP contribution in [-0.2, 0) is 0 Å². The molecule has 0 spiro atoms. The molecule has 5 heteroatoms. The molecule has 2 N–H and O–H groups in total. The number of rotatable bonds is 5. The van der Waals surface area contributed by atoms with Crippen LogP contribution in [0.5, 0.6) is 0 Å². The van der Waals surface area contributed by atoms with E-state index in [2.05, 4.69) is 34.4 Å². The van der Waals surface area contributed by atoms with Crippen LogP contribution in [-0.4, -0.2) is 16.0 Å². The first-order chi connectivity index (χ1) is 9.56. The van der Waals surface area contributed by atoms with Crippen LogP contribution < -0.4 is 10.6 Å². The van der Waals surface area contributed by atoms with Gasteiger partial charge in [0.1, 0.15) is 17.5 Å². The molecular weight excluding hydrogens is 272 g/mol. The van der Waals surface area contributed by atoms with Gasteiger partial charge in [-0.1, -0.05) is 24.6 Å². The van der Waals surface area contributed by atoms with Gasteiger partial charge in [-0.3, -0.25) is 0 Å². The first kappa shape index (κ1) is 14.6. The Morgan fingerprint density at radius 3 is 2.65 bits per heavy atom. The van der Waals surface area contributed by atoms with Crippen LogP contribution in [0.4, 0.5) is 17.3 Å². The van der Waals surface area contributed by atoms with E-state index in [1.165, 1.54) is 0 Å². The van der Waals surface area contributed by atoms with Crippen molar-refractivity contribution < 1.29 is 0 Å². The Balaban J connectivity index is 2.19. The number of hydrogen-bond acceptors (Lipinski definition) is 4. The van der Waals surface area contributed by atoms with Crippen LogP contribution >= 0.6 is 11.6 Å². The van der Waals surface area contributed by atoms with E-state index in [9.17, 15) is 0 Å². The first-order valence-electron chi connectivity index (χ1n) is 6.71. The van der Waals surface area contributed by atoms with Gasteiger partial charge in [-0.2, -0.15) is 0 Å². The average molecular weight is 291 g/mol. The standard InChI is InChI=1S/C15H19ClN4/c1-4-10(2)17-14-9-15(19-11(3)18-14)20-13-7-5-6-12(16)8-13/h5-10H,4H2,1-3H3,(H2,17,18,19,20). The third-order valence-corrected chi connectivity index (χ3v) is 3.18. The summed E-state index contributed by atoms with van der Waals surface area (Å²) in [6.45, 7) is 6.14. The lowest BCUT2D eigenvalue weighted by molar-refractivity contribution is 0.757. The topological polar surface area (TPSA) is 49.8 Å². The van der Waals surface area contributed by atoms with Crippen LogP contribution in [0.3, 0.4) is 0 Å². The summed E-state index contributed by atoms with van der Waals surface area (Å²) >= 11 is 5.98. The summed E-state index contributed by atoms with van der Waals surface area (Å²) in [5.41, 5.74) is 0.907. The fraction of sp³-hybridized carbons (Fsp3) is 0.333. The van der Waals surface area contributed by atoms with E-state index in [1.807, 2.05) is 37.3 Å². The van der Waals surface area contributed by atoms with E-state index in [1.54, 1.807) is 0 Å². The highest BCUT2D eigenvalue weighted by Crippen LogP contribution is 2.20. The van der Waals surface area contributed by atoms with E-state index in [4.69, 9.17) is 11.6 Å². The highest BCUT2D eigenvalue weighted by molar-refractivity contribution is 6.30. The van der Waals surface area contributed by atoms with Crippen molar-refractivity contribution in [3.63, 3.8) is 0 Å². The maximum absolute atomic E-state index is 5.98. The Bertz CT molecular complexity index is 586. The van der Waals surface area contributed by atoms with Crippen molar-refractivity contribution in [3.05, 3.63) is 41.2 Å². The number of nitrogens with zero attached hydrogens (tertiary/aromatic N) is 2. The number of halogens is 1. The quantitative estimate of drug-likeness (QED) is 0.857. The number of aryl methyl sites for hydroxylation is 1. The summed E-state index contributed by atoms with van der Waals surface area (Å²) in [4.78, 5) is 8.78. The predicted molar refractivity (Wildman–Crippen MR) is 84.9 cm³/mol. The Hall–Kier alpha value is -1.81. The molecule has 1 aromatic carbocycles. The molecule has 4 nitrogen and oxygen atoms in total. The van der Waals surface area contributed by atoms with Crippen molar-refractivity contribution in [3.8, 4) is 0 Å². The molecule has 2 rings (SSSR count). The molecule has 1 unspecified atom stereocenters. The number of benzene rings is 1. The molecule has 2 aromatic rings. The monoisotopic (exact) mass is 290 g/mol. The van der Waals surface area contributed by atoms with Gasteiger partial charge in [0, 0.05) is 22.8 Å². The van der Waals surface area contributed by atoms with Gasteiger partial charge in [0.05, 0.1) is 0 Å². The van der Waals surface area contributed by atoms with Crippen LogP contribution in [0.2, 0.25) is 5.02 Å². The molecule has 0 fully saturated rings. The van der Waals surface area contributed by atoms with Crippen molar-refractivity contribution in [1.82, 2.24) is 9.97 Å². The second-order valence-electron chi connectivity index (χ2n) is 4.77. The lowest BCUT2D eigenvalue weighted by Crippen LogP contribution is -2.15. The molecule has 1 heterocycles. The van der Waals surface area contributed by atoms with Gasteiger partial charge in [-0.05, 0) is 38.5 Å². The lowest BCUT2D eigenvalue weighted by atomic mass is 10.2. The Kier molecular flexibility index (Phi) is 4.79. The smallest absolute Gasteiger partial charge is 0.136 e. The second kappa shape index (κ2) is 6.57. The molecular formula is C15H19ClN4. The molecule has 0 bridgehead atoms. The maximum atomic E-state index is 5.98. The molecule has 0 aliphatic rings. The lowest BCUT2D eigenvalue weighted by Gasteiger charge is -2.14. The molecule has 20 heavy (non-hydrogen) atoms.